The molecule has 1 unspecified atom stereocenters. The van der Waals surface area contributed by atoms with Gasteiger partial charge < -0.3 is 4.90 Å². The summed E-state index contributed by atoms with van der Waals surface area (Å²) < 4.78 is 13.1. The molecule has 0 bridgehead atoms. The Morgan fingerprint density at radius 2 is 1.74 bits per heavy atom. The minimum absolute atomic E-state index is 0.159. The molecule has 2 aromatic rings. The molecule has 2 aromatic carbocycles. The van der Waals surface area contributed by atoms with Crippen molar-refractivity contribution in [1.29, 1.82) is 0 Å². The van der Waals surface area contributed by atoms with Gasteiger partial charge in [-0.05, 0) is 55.3 Å². The minimum Gasteiger partial charge on any atom is -0.369 e. The van der Waals surface area contributed by atoms with E-state index in [1.54, 1.807) is 12.1 Å². The molecule has 0 N–H and O–H groups in total. The molecule has 0 spiro atoms. The normalized spacial score (nSPS) is 22.1. The van der Waals surface area contributed by atoms with Crippen LogP contribution in [0.4, 0.5) is 10.1 Å². The SMILES string of the molecule is Fc1ccc(CN2CCCC(N3CCN(c4cccc(Cl)c4)CC3)C2)cc1. The summed E-state index contributed by atoms with van der Waals surface area (Å²) in [5, 5.41) is 0.804. The maximum absolute atomic E-state index is 13.1. The number of piperazine rings is 1. The summed E-state index contributed by atoms with van der Waals surface area (Å²) in [6.07, 6.45) is 2.51. The van der Waals surface area contributed by atoms with E-state index in [0.29, 0.717) is 6.04 Å². The van der Waals surface area contributed by atoms with Crippen molar-refractivity contribution < 1.29 is 4.39 Å². The lowest BCUT2D eigenvalue weighted by Gasteiger charge is -2.44. The molecular formula is C22H27ClFN3. The average Bonchev–Trinajstić information content (AvgIpc) is 2.70. The third-order valence-electron chi connectivity index (χ3n) is 5.80. The Bertz CT molecular complexity index is 743. The van der Waals surface area contributed by atoms with E-state index in [-0.39, 0.29) is 5.82 Å². The van der Waals surface area contributed by atoms with E-state index in [4.69, 9.17) is 11.6 Å². The smallest absolute Gasteiger partial charge is 0.123 e. The molecule has 2 fully saturated rings. The number of benzene rings is 2. The van der Waals surface area contributed by atoms with Gasteiger partial charge in [-0.15, -0.1) is 0 Å². The Balaban J connectivity index is 1.31. The van der Waals surface area contributed by atoms with E-state index in [2.05, 4.69) is 26.8 Å². The number of rotatable bonds is 4. The lowest BCUT2D eigenvalue weighted by molar-refractivity contribution is 0.0887. The van der Waals surface area contributed by atoms with Crippen LogP contribution in [0.2, 0.25) is 5.02 Å². The Kier molecular flexibility index (Phi) is 5.96. The molecule has 144 valence electrons. The fraction of sp³-hybridized carbons (Fsp3) is 0.455. The van der Waals surface area contributed by atoms with E-state index in [9.17, 15) is 4.39 Å². The molecular weight excluding hydrogens is 361 g/mol. The highest BCUT2D eigenvalue weighted by atomic mass is 35.5. The summed E-state index contributed by atoms with van der Waals surface area (Å²) in [6.45, 7) is 7.46. The monoisotopic (exact) mass is 387 g/mol. The first-order valence-electron chi connectivity index (χ1n) is 9.89. The van der Waals surface area contributed by atoms with E-state index in [1.807, 2.05) is 24.3 Å². The standard InChI is InChI=1S/C22H27ClFN3/c23-19-3-1-4-21(15-19)26-11-13-27(14-12-26)22-5-2-10-25(17-22)16-18-6-8-20(24)9-7-18/h1,3-4,6-9,15,22H,2,5,10-14,16-17H2. The number of likely N-dealkylation sites (tertiary alicyclic amines) is 1. The van der Waals surface area contributed by atoms with Gasteiger partial charge in [-0.25, -0.2) is 4.39 Å². The van der Waals surface area contributed by atoms with Crippen LogP contribution in [-0.2, 0) is 6.54 Å². The number of piperidine rings is 1. The Morgan fingerprint density at radius 3 is 2.48 bits per heavy atom. The lowest BCUT2D eigenvalue weighted by atomic mass is 10.0. The molecule has 0 aliphatic carbocycles. The van der Waals surface area contributed by atoms with E-state index in [0.717, 1.165) is 50.8 Å². The van der Waals surface area contributed by atoms with Gasteiger partial charge in [-0.1, -0.05) is 29.8 Å². The van der Waals surface area contributed by atoms with Crippen LogP contribution in [0.25, 0.3) is 0 Å². The molecule has 2 saturated heterocycles. The maximum atomic E-state index is 13.1. The van der Waals surface area contributed by atoms with Crippen molar-refractivity contribution >= 4 is 17.3 Å². The molecule has 5 heteroatoms. The molecule has 27 heavy (non-hydrogen) atoms. The van der Waals surface area contributed by atoms with Gasteiger partial charge in [0, 0.05) is 56.0 Å². The maximum Gasteiger partial charge on any atom is 0.123 e. The molecule has 0 amide bonds. The second kappa shape index (κ2) is 8.59. The minimum atomic E-state index is -0.159. The van der Waals surface area contributed by atoms with Crippen molar-refractivity contribution in [2.24, 2.45) is 0 Å². The van der Waals surface area contributed by atoms with Crippen molar-refractivity contribution in [2.75, 3.05) is 44.2 Å². The zero-order chi connectivity index (χ0) is 18.6. The number of nitrogens with zero attached hydrogens (tertiary/aromatic N) is 3. The second-order valence-electron chi connectivity index (χ2n) is 7.66. The first-order chi connectivity index (χ1) is 13.2. The molecule has 0 aromatic heterocycles. The Hall–Kier alpha value is -1.62. The number of halogens is 2. The molecule has 2 heterocycles. The third-order valence-corrected chi connectivity index (χ3v) is 6.04. The van der Waals surface area contributed by atoms with Crippen molar-refractivity contribution in [3.8, 4) is 0 Å². The summed E-state index contributed by atoms with van der Waals surface area (Å²) in [5.74, 6) is -0.159. The van der Waals surface area contributed by atoms with Crippen LogP contribution in [-0.4, -0.2) is 55.1 Å². The first-order valence-corrected chi connectivity index (χ1v) is 10.3. The van der Waals surface area contributed by atoms with Gasteiger partial charge in [0.25, 0.3) is 0 Å². The molecule has 2 aliphatic heterocycles. The van der Waals surface area contributed by atoms with Crippen molar-refractivity contribution in [3.05, 3.63) is 64.9 Å². The van der Waals surface area contributed by atoms with Gasteiger partial charge in [-0.3, -0.25) is 9.80 Å². The molecule has 4 rings (SSSR count). The van der Waals surface area contributed by atoms with Gasteiger partial charge in [0.2, 0.25) is 0 Å². The lowest BCUT2D eigenvalue weighted by Crippen LogP contribution is -2.55. The van der Waals surface area contributed by atoms with Crippen LogP contribution in [0.15, 0.2) is 48.5 Å². The van der Waals surface area contributed by atoms with Crippen molar-refractivity contribution in [2.45, 2.75) is 25.4 Å². The summed E-state index contributed by atoms with van der Waals surface area (Å²) >= 11 is 6.14. The fourth-order valence-electron chi connectivity index (χ4n) is 4.34. The van der Waals surface area contributed by atoms with Crippen molar-refractivity contribution in [1.82, 2.24) is 9.80 Å². The van der Waals surface area contributed by atoms with Crippen LogP contribution >= 0.6 is 11.6 Å². The fourth-order valence-corrected chi connectivity index (χ4v) is 4.52. The summed E-state index contributed by atoms with van der Waals surface area (Å²) in [6, 6.07) is 15.7. The van der Waals surface area contributed by atoms with Gasteiger partial charge in [0.05, 0.1) is 0 Å². The zero-order valence-electron chi connectivity index (χ0n) is 15.7. The average molecular weight is 388 g/mol. The van der Waals surface area contributed by atoms with Crippen LogP contribution < -0.4 is 4.90 Å². The zero-order valence-corrected chi connectivity index (χ0v) is 16.4. The highest BCUT2D eigenvalue weighted by Crippen LogP contribution is 2.23. The van der Waals surface area contributed by atoms with Crippen LogP contribution in [0, 0.1) is 5.82 Å². The first kappa shape index (κ1) is 18.7. The number of anilines is 1. The molecule has 3 nitrogen and oxygen atoms in total. The van der Waals surface area contributed by atoms with Gasteiger partial charge in [-0.2, -0.15) is 0 Å². The quantitative estimate of drug-likeness (QED) is 0.775. The molecule has 1 atom stereocenters. The third kappa shape index (κ3) is 4.81. The van der Waals surface area contributed by atoms with E-state index in [1.165, 1.54) is 24.1 Å². The van der Waals surface area contributed by atoms with Gasteiger partial charge in [0.15, 0.2) is 0 Å². The predicted molar refractivity (Wildman–Crippen MR) is 110 cm³/mol. The highest BCUT2D eigenvalue weighted by Gasteiger charge is 2.28. The summed E-state index contributed by atoms with van der Waals surface area (Å²) in [5.41, 5.74) is 2.42. The summed E-state index contributed by atoms with van der Waals surface area (Å²) in [7, 11) is 0. The van der Waals surface area contributed by atoms with Crippen LogP contribution in [0.3, 0.4) is 0 Å². The Morgan fingerprint density at radius 1 is 0.963 bits per heavy atom. The number of hydrogen-bond donors (Lipinski definition) is 0. The number of hydrogen-bond acceptors (Lipinski definition) is 3. The second-order valence-corrected chi connectivity index (χ2v) is 8.10. The van der Waals surface area contributed by atoms with E-state index >= 15 is 0 Å². The van der Waals surface area contributed by atoms with Crippen LogP contribution in [0.1, 0.15) is 18.4 Å². The summed E-state index contributed by atoms with van der Waals surface area (Å²) in [4.78, 5) is 7.60. The predicted octanol–water partition coefficient (Wildman–Crippen LogP) is 4.27. The largest absolute Gasteiger partial charge is 0.369 e. The highest BCUT2D eigenvalue weighted by molar-refractivity contribution is 6.30. The topological polar surface area (TPSA) is 9.72 Å². The van der Waals surface area contributed by atoms with E-state index < -0.39 is 0 Å². The Labute approximate surface area is 166 Å². The van der Waals surface area contributed by atoms with Gasteiger partial charge in [0.1, 0.15) is 5.82 Å². The molecule has 0 radical (unpaired) electrons. The molecule has 2 aliphatic rings. The van der Waals surface area contributed by atoms with Crippen LogP contribution in [0.5, 0.6) is 0 Å². The molecule has 0 saturated carbocycles. The van der Waals surface area contributed by atoms with Gasteiger partial charge >= 0.3 is 0 Å². The van der Waals surface area contributed by atoms with Crippen molar-refractivity contribution in [3.63, 3.8) is 0 Å².